The lowest BCUT2D eigenvalue weighted by molar-refractivity contribution is -0.392. The van der Waals surface area contributed by atoms with Crippen LogP contribution in [0.5, 0.6) is 0 Å². The number of nitriles is 1. The largest absolute Gasteiger partial charge is 0.572 e. The Morgan fingerprint density at radius 2 is 1.36 bits per heavy atom. The van der Waals surface area contributed by atoms with E-state index in [1.165, 1.54) is 6.07 Å². The molecule has 0 bridgehead atoms. The molecule has 1 aliphatic rings. The molecule has 181 valence electrons. The predicted molar refractivity (Wildman–Crippen MR) is 90.3 cm³/mol. The van der Waals surface area contributed by atoms with Gasteiger partial charge in [-0.2, -0.15) is 40.4 Å². The average molecular weight is 561 g/mol. The van der Waals surface area contributed by atoms with E-state index in [1.54, 1.807) is 0 Å². The lowest BCUT2D eigenvalue weighted by Crippen LogP contribution is -2.71. The number of alkyl halides is 12. The van der Waals surface area contributed by atoms with Crippen molar-refractivity contribution < 1.29 is 57.4 Å². The highest BCUT2D eigenvalue weighted by molar-refractivity contribution is 9.11. The lowest BCUT2D eigenvalue weighted by atomic mass is 9.62. The Labute approximate surface area is 185 Å². The van der Waals surface area contributed by atoms with E-state index in [-0.39, 0.29) is 12.5 Å². The first-order chi connectivity index (χ1) is 14.7. The highest BCUT2D eigenvalue weighted by Crippen LogP contribution is 2.63. The van der Waals surface area contributed by atoms with Crippen LogP contribution in [0.25, 0.3) is 0 Å². The zero-order valence-corrected chi connectivity index (χ0v) is 16.9. The zero-order valence-electron chi connectivity index (χ0n) is 15.3. The van der Waals surface area contributed by atoms with E-state index >= 15 is 4.39 Å². The number of halogens is 13. The molecule has 0 saturated carbocycles. The number of ether oxygens (including phenoxy) is 1. The Hall–Kier alpha value is -2.37. The van der Waals surface area contributed by atoms with Gasteiger partial charge in [0, 0.05) is 4.48 Å². The van der Waals surface area contributed by atoms with E-state index < -0.39 is 63.2 Å². The van der Waals surface area contributed by atoms with Crippen LogP contribution in [0, 0.1) is 17.8 Å². The van der Waals surface area contributed by atoms with Crippen molar-refractivity contribution in [1.29, 1.82) is 5.26 Å². The van der Waals surface area contributed by atoms with E-state index in [4.69, 9.17) is 0 Å². The van der Waals surface area contributed by atoms with Crippen molar-refractivity contribution in [2.24, 2.45) is 0 Å². The van der Waals surface area contributed by atoms with Gasteiger partial charge in [-0.25, -0.2) is 4.39 Å². The standard InChI is InChI=1S/C18H7BrF12NO/c19-10-5-11(33-18(29,30)31)7-13(6-10,12-4-2-1-3-9(12)8-32)14(20,16(23,24)25)15(21,22)17(26,27)28/h1-7H. The molecule has 1 radical (unpaired) electrons. The monoisotopic (exact) mass is 560 g/mol. The number of allylic oxidation sites excluding steroid dienone is 3. The first-order valence-corrected chi connectivity index (χ1v) is 8.94. The van der Waals surface area contributed by atoms with Crippen LogP contribution in [0.2, 0.25) is 0 Å². The first kappa shape index (κ1) is 26.9. The average Bonchev–Trinajstić information content (AvgIpc) is 2.63. The number of hydrogen-bond acceptors (Lipinski definition) is 2. The molecular formula is C18H7BrF12NO. The van der Waals surface area contributed by atoms with Crippen molar-refractivity contribution in [3.8, 4) is 6.07 Å². The second kappa shape index (κ2) is 8.14. The van der Waals surface area contributed by atoms with Crippen LogP contribution >= 0.6 is 15.9 Å². The molecule has 2 atom stereocenters. The quantitative estimate of drug-likeness (QED) is 0.365. The number of nitrogens with zero attached hydrogens (tertiary/aromatic N) is 1. The maximum atomic E-state index is 15.7. The number of benzene rings is 1. The molecule has 0 spiro atoms. The molecule has 1 aromatic rings. The minimum atomic E-state index is -7.22. The summed E-state index contributed by atoms with van der Waals surface area (Å²) in [6, 6.07) is 3.97. The molecule has 15 heteroatoms. The zero-order chi connectivity index (χ0) is 25.7. The van der Waals surface area contributed by atoms with Crippen molar-refractivity contribution in [1.82, 2.24) is 0 Å². The summed E-state index contributed by atoms with van der Waals surface area (Å²) in [4.78, 5) is 0. The SMILES string of the molecule is N#Cc1ccccc1C1(C(F)(C(F)(F)F)C(F)(F)C(F)(F)F)C=C(Br)[CH]C(OC(F)(F)F)=C1. The van der Waals surface area contributed by atoms with Crippen LogP contribution in [0.1, 0.15) is 11.1 Å². The first-order valence-electron chi connectivity index (χ1n) is 8.15. The smallest absolute Gasteiger partial charge is 0.410 e. The van der Waals surface area contributed by atoms with Gasteiger partial charge < -0.3 is 4.74 Å². The minimum Gasteiger partial charge on any atom is -0.410 e. The van der Waals surface area contributed by atoms with Gasteiger partial charge in [0.1, 0.15) is 5.76 Å². The molecule has 0 heterocycles. The van der Waals surface area contributed by atoms with Crippen LogP contribution in [-0.4, -0.2) is 30.3 Å². The van der Waals surface area contributed by atoms with Crippen LogP contribution in [0.15, 0.2) is 46.7 Å². The van der Waals surface area contributed by atoms with Gasteiger partial charge in [-0.05, 0) is 17.7 Å². The molecule has 1 aliphatic carbocycles. The van der Waals surface area contributed by atoms with Gasteiger partial charge in [-0.1, -0.05) is 40.2 Å². The molecule has 0 aliphatic heterocycles. The third kappa shape index (κ3) is 4.41. The second-order valence-electron chi connectivity index (χ2n) is 6.52. The molecular weight excluding hydrogens is 554 g/mol. The van der Waals surface area contributed by atoms with Gasteiger partial charge >= 0.3 is 24.6 Å². The van der Waals surface area contributed by atoms with Crippen LogP contribution in [0.3, 0.4) is 0 Å². The Bertz CT molecular complexity index is 1020. The molecule has 2 unspecified atom stereocenters. The number of rotatable bonds is 4. The molecule has 2 rings (SSSR count). The second-order valence-corrected chi connectivity index (χ2v) is 7.44. The Morgan fingerprint density at radius 3 is 1.82 bits per heavy atom. The van der Waals surface area contributed by atoms with Crippen LogP contribution in [0.4, 0.5) is 52.7 Å². The minimum absolute atomic E-state index is 0.139. The van der Waals surface area contributed by atoms with E-state index in [0.717, 1.165) is 12.1 Å². The summed E-state index contributed by atoms with van der Waals surface area (Å²) in [6.07, 6.45) is -20.3. The van der Waals surface area contributed by atoms with E-state index in [2.05, 4.69) is 20.7 Å². The number of hydrogen-bond donors (Lipinski definition) is 0. The van der Waals surface area contributed by atoms with Crippen molar-refractivity contribution in [2.45, 2.75) is 35.7 Å². The third-order valence-electron chi connectivity index (χ3n) is 4.49. The molecule has 0 aromatic heterocycles. The van der Waals surface area contributed by atoms with Crippen molar-refractivity contribution in [3.63, 3.8) is 0 Å². The molecule has 0 fully saturated rings. The van der Waals surface area contributed by atoms with Gasteiger partial charge in [0.2, 0.25) is 0 Å². The topological polar surface area (TPSA) is 33.0 Å². The maximum absolute atomic E-state index is 15.7. The van der Waals surface area contributed by atoms with Gasteiger partial charge in [0.15, 0.2) is 0 Å². The summed E-state index contributed by atoms with van der Waals surface area (Å²) in [5, 5.41) is 9.18. The molecule has 33 heavy (non-hydrogen) atoms. The van der Waals surface area contributed by atoms with E-state index in [1.807, 2.05) is 0 Å². The van der Waals surface area contributed by atoms with Gasteiger partial charge in [0.05, 0.1) is 23.5 Å². The third-order valence-corrected chi connectivity index (χ3v) is 4.95. The van der Waals surface area contributed by atoms with Crippen LogP contribution < -0.4 is 0 Å². The Kier molecular flexibility index (Phi) is 6.63. The fourth-order valence-electron chi connectivity index (χ4n) is 3.24. The van der Waals surface area contributed by atoms with E-state index in [0.29, 0.717) is 12.1 Å². The van der Waals surface area contributed by atoms with E-state index in [9.17, 15) is 53.6 Å². The summed E-state index contributed by atoms with van der Waals surface area (Å²) in [6.45, 7) is 0. The van der Waals surface area contributed by atoms with Crippen molar-refractivity contribution >= 4 is 15.9 Å². The molecule has 2 nitrogen and oxygen atoms in total. The lowest BCUT2D eigenvalue weighted by Gasteiger charge is -2.48. The summed E-state index contributed by atoms with van der Waals surface area (Å²) < 4.78 is 166. The highest BCUT2D eigenvalue weighted by atomic mass is 79.9. The molecule has 0 saturated heterocycles. The predicted octanol–water partition coefficient (Wildman–Crippen LogP) is 7.18. The fourth-order valence-corrected chi connectivity index (χ4v) is 3.83. The normalized spacial score (nSPS) is 22.1. The summed E-state index contributed by atoms with van der Waals surface area (Å²) in [5.74, 6) is -8.96. The maximum Gasteiger partial charge on any atom is 0.572 e. The van der Waals surface area contributed by atoms with Gasteiger partial charge in [0.25, 0.3) is 5.67 Å². The highest BCUT2D eigenvalue weighted by Gasteiger charge is 2.87. The summed E-state index contributed by atoms with van der Waals surface area (Å²) in [5.41, 5.74) is -13.5. The van der Waals surface area contributed by atoms with Gasteiger partial charge in [-0.15, -0.1) is 13.2 Å². The summed E-state index contributed by atoms with van der Waals surface area (Å²) >= 11 is 2.41. The van der Waals surface area contributed by atoms with Crippen LogP contribution in [-0.2, 0) is 10.2 Å². The molecule has 1 aromatic carbocycles. The van der Waals surface area contributed by atoms with Gasteiger partial charge in [-0.3, -0.25) is 0 Å². The Morgan fingerprint density at radius 1 is 0.818 bits per heavy atom. The fraction of sp³-hybridized carbons (Fsp3) is 0.333. The molecule has 0 N–H and O–H groups in total. The summed E-state index contributed by atoms with van der Waals surface area (Å²) in [7, 11) is 0. The van der Waals surface area contributed by atoms with Crippen molar-refractivity contribution in [2.75, 3.05) is 0 Å². The molecule has 0 amide bonds. The Balaban J connectivity index is 3.14. The van der Waals surface area contributed by atoms with Crippen molar-refractivity contribution in [3.05, 3.63) is 64.2 Å².